The van der Waals surface area contributed by atoms with Gasteiger partial charge in [0.2, 0.25) is 0 Å². The predicted octanol–water partition coefficient (Wildman–Crippen LogP) is 12.6. The second-order valence-electron chi connectivity index (χ2n) is 16.4. The summed E-state index contributed by atoms with van der Waals surface area (Å²) < 4.78 is 5.01. The minimum atomic E-state index is -2.76. The summed E-state index contributed by atoms with van der Waals surface area (Å²) in [5, 5.41) is 10.4. The van der Waals surface area contributed by atoms with E-state index in [2.05, 4.69) is 264 Å². The van der Waals surface area contributed by atoms with Crippen LogP contribution in [-0.4, -0.2) is 17.2 Å². The van der Waals surface area contributed by atoms with Gasteiger partial charge in [0.1, 0.15) is 0 Å². The molecule has 0 aliphatic heterocycles. The fourth-order valence-corrected chi connectivity index (χ4v) is 15.1. The zero-order chi connectivity index (χ0) is 41.7. The zero-order valence-corrected chi connectivity index (χ0v) is 35.6. The van der Waals surface area contributed by atoms with E-state index in [9.17, 15) is 0 Å². The summed E-state index contributed by atoms with van der Waals surface area (Å²) in [7, 11) is -2.76. The number of hydrogen-bond donors (Lipinski definition) is 0. The van der Waals surface area contributed by atoms with Crippen LogP contribution in [0, 0.1) is 0 Å². The lowest BCUT2D eigenvalue weighted by atomic mass is 9.98. The molecule has 296 valence electrons. The molecular weight excluding hydrogens is 777 g/mol. The highest BCUT2D eigenvalue weighted by atomic mass is 28.3. The van der Waals surface area contributed by atoms with Gasteiger partial charge in [0, 0.05) is 27.1 Å². The summed E-state index contributed by atoms with van der Waals surface area (Å²) in [5.41, 5.74) is 11.8. The van der Waals surface area contributed by atoms with Crippen molar-refractivity contribution in [2.24, 2.45) is 0 Å². The molecule has 2 nitrogen and oxygen atoms in total. The van der Waals surface area contributed by atoms with Crippen LogP contribution < -0.4 is 20.7 Å². The average Bonchev–Trinajstić information content (AvgIpc) is 3.88. The fraction of sp³-hybridized carbons (Fsp3) is 0. The summed E-state index contributed by atoms with van der Waals surface area (Å²) in [6.45, 7) is 0. The lowest BCUT2D eigenvalue weighted by molar-refractivity contribution is 1.17. The SMILES string of the molecule is c1ccc(-c2ccc(-c3ccccc3)c(-n3c4ccccc4c4c(-n5c6ccccc6c6cc([Si](c7ccccc7)(c7ccccc7)c7ccccc7)ccc65)cccc43)c2)cc1. The Kier molecular flexibility index (Phi) is 8.87. The normalized spacial score (nSPS) is 11.8. The molecule has 0 bridgehead atoms. The molecule has 0 saturated heterocycles. The summed E-state index contributed by atoms with van der Waals surface area (Å²) in [4.78, 5) is 0. The maximum absolute atomic E-state index is 2.76. The minimum Gasteiger partial charge on any atom is -0.309 e. The fourth-order valence-electron chi connectivity index (χ4n) is 10.4. The van der Waals surface area contributed by atoms with Gasteiger partial charge in [-0.15, -0.1) is 0 Å². The van der Waals surface area contributed by atoms with Gasteiger partial charge in [0.15, 0.2) is 8.07 Å². The summed E-state index contributed by atoms with van der Waals surface area (Å²) in [6, 6.07) is 94.2. The van der Waals surface area contributed by atoms with Gasteiger partial charge < -0.3 is 9.13 Å². The van der Waals surface area contributed by atoms with E-state index < -0.39 is 8.07 Å². The molecule has 63 heavy (non-hydrogen) atoms. The Morgan fingerprint density at radius 1 is 0.254 bits per heavy atom. The van der Waals surface area contributed by atoms with Gasteiger partial charge in [-0.05, 0) is 73.8 Å². The van der Waals surface area contributed by atoms with Crippen LogP contribution in [0.3, 0.4) is 0 Å². The van der Waals surface area contributed by atoms with E-state index in [0.717, 1.165) is 5.69 Å². The molecule has 2 aromatic heterocycles. The number of rotatable bonds is 8. The molecule has 0 aliphatic rings. The largest absolute Gasteiger partial charge is 0.309 e. The van der Waals surface area contributed by atoms with Crippen LogP contribution in [0.4, 0.5) is 0 Å². The van der Waals surface area contributed by atoms with E-state index in [1.807, 2.05) is 0 Å². The van der Waals surface area contributed by atoms with Crippen LogP contribution in [0.15, 0.2) is 255 Å². The van der Waals surface area contributed by atoms with E-state index >= 15 is 0 Å². The monoisotopic (exact) mass is 818 g/mol. The molecule has 0 radical (unpaired) electrons. The van der Waals surface area contributed by atoms with Gasteiger partial charge in [0.05, 0.1) is 33.4 Å². The maximum Gasteiger partial charge on any atom is 0.179 e. The molecule has 0 unspecified atom stereocenters. The smallest absolute Gasteiger partial charge is 0.179 e. The van der Waals surface area contributed by atoms with Crippen LogP contribution >= 0.6 is 0 Å². The highest BCUT2D eigenvalue weighted by Crippen LogP contribution is 2.42. The third-order valence-electron chi connectivity index (χ3n) is 13.1. The maximum atomic E-state index is 2.53. The number of hydrogen-bond acceptors (Lipinski definition) is 0. The number of para-hydroxylation sites is 2. The minimum absolute atomic E-state index is 1.15. The van der Waals surface area contributed by atoms with E-state index in [-0.39, 0.29) is 0 Å². The molecular formula is C60H42N2Si. The van der Waals surface area contributed by atoms with Gasteiger partial charge in [-0.3, -0.25) is 0 Å². The Morgan fingerprint density at radius 3 is 1.35 bits per heavy atom. The van der Waals surface area contributed by atoms with Crippen LogP contribution in [-0.2, 0) is 0 Å². The number of fused-ring (bicyclic) bond motifs is 6. The van der Waals surface area contributed by atoms with Crippen LogP contribution in [0.2, 0.25) is 0 Å². The molecule has 0 aliphatic carbocycles. The Hall–Kier alpha value is -7.98. The summed E-state index contributed by atoms with van der Waals surface area (Å²) in [5.74, 6) is 0. The zero-order valence-electron chi connectivity index (χ0n) is 34.6. The van der Waals surface area contributed by atoms with Crippen molar-refractivity contribution in [3.63, 3.8) is 0 Å². The van der Waals surface area contributed by atoms with Gasteiger partial charge in [-0.25, -0.2) is 0 Å². The number of benzene rings is 10. The second kappa shape index (κ2) is 15.2. The second-order valence-corrected chi connectivity index (χ2v) is 20.2. The van der Waals surface area contributed by atoms with Crippen molar-refractivity contribution in [2.45, 2.75) is 0 Å². The lowest BCUT2D eigenvalue weighted by Crippen LogP contribution is -2.74. The molecule has 0 fully saturated rings. The predicted molar refractivity (Wildman–Crippen MR) is 270 cm³/mol. The van der Waals surface area contributed by atoms with Crippen molar-refractivity contribution in [2.75, 3.05) is 0 Å². The van der Waals surface area contributed by atoms with Crippen molar-refractivity contribution in [1.29, 1.82) is 0 Å². The average molecular weight is 819 g/mol. The van der Waals surface area contributed by atoms with Crippen molar-refractivity contribution in [1.82, 2.24) is 9.13 Å². The van der Waals surface area contributed by atoms with E-state index in [1.165, 1.54) is 92.3 Å². The Balaban J connectivity index is 1.15. The third kappa shape index (κ3) is 5.85. The first-order chi connectivity index (χ1) is 31.3. The Bertz CT molecular complexity index is 3500. The van der Waals surface area contributed by atoms with Crippen molar-refractivity contribution >= 4 is 72.4 Å². The van der Waals surface area contributed by atoms with Gasteiger partial charge in [-0.1, -0.05) is 218 Å². The van der Waals surface area contributed by atoms with Gasteiger partial charge in [-0.2, -0.15) is 0 Å². The third-order valence-corrected chi connectivity index (χ3v) is 17.8. The quantitative estimate of drug-likeness (QED) is 0.107. The summed E-state index contributed by atoms with van der Waals surface area (Å²) >= 11 is 0. The molecule has 3 heteroatoms. The highest BCUT2D eigenvalue weighted by molar-refractivity contribution is 7.20. The summed E-state index contributed by atoms with van der Waals surface area (Å²) in [6.07, 6.45) is 0. The van der Waals surface area contributed by atoms with Crippen molar-refractivity contribution < 1.29 is 0 Å². The molecule has 12 rings (SSSR count). The standard InChI is InChI=1S/C60H42N2Si/c1-6-21-43(22-7-1)45-37-39-50(44-23-8-2-9-24-44)59(41-45)62-55-34-19-17-32-52(55)60-57(35-20-36-58(60)62)61-54-33-18-16-31-51(54)53-42-49(38-40-56(53)61)63(46-25-10-3-11-26-46,47-27-12-4-13-28-47)48-29-14-5-15-30-48/h1-42H. The van der Waals surface area contributed by atoms with Crippen molar-refractivity contribution in [3.8, 4) is 33.6 Å². The molecule has 0 N–H and O–H groups in total. The molecule has 2 heterocycles. The topological polar surface area (TPSA) is 9.86 Å². The van der Waals surface area contributed by atoms with Crippen LogP contribution in [0.5, 0.6) is 0 Å². The lowest BCUT2D eigenvalue weighted by Gasteiger charge is -2.34. The first-order valence-electron chi connectivity index (χ1n) is 21.8. The van der Waals surface area contributed by atoms with Crippen LogP contribution in [0.1, 0.15) is 0 Å². The first kappa shape index (κ1) is 36.8. The molecule has 12 aromatic rings. The molecule has 0 saturated carbocycles. The van der Waals surface area contributed by atoms with Gasteiger partial charge >= 0.3 is 0 Å². The van der Waals surface area contributed by atoms with E-state index in [4.69, 9.17) is 0 Å². The molecule has 0 amide bonds. The molecule has 0 spiro atoms. The first-order valence-corrected chi connectivity index (χ1v) is 23.8. The Labute approximate surface area is 368 Å². The number of nitrogens with zero attached hydrogens (tertiary/aromatic N) is 2. The van der Waals surface area contributed by atoms with E-state index in [1.54, 1.807) is 0 Å². The van der Waals surface area contributed by atoms with E-state index in [0.29, 0.717) is 0 Å². The molecule has 0 atom stereocenters. The van der Waals surface area contributed by atoms with Gasteiger partial charge in [0.25, 0.3) is 0 Å². The number of aromatic nitrogens is 2. The van der Waals surface area contributed by atoms with Crippen molar-refractivity contribution in [3.05, 3.63) is 255 Å². The Morgan fingerprint density at radius 2 is 0.730 bits per heavy atom. The van der Waals surface area contributed by atoms with Crippen LogP contribution in [0.25, 0.3) is 77.2 Å². The highest BCUT2D eigenvalue weighted by Gasteiger charge is 2.41. The molecule has 10 aromatic carbocycles.